The molecule has 5 heteroatoms. The van der Waals surface area contributed by atoms with Gasteiger partial charge in [0.15, 0.2) is 5.79 Å². The third kappa shape index (κ3) is 3.43. The maximum Gasteiger partial charge on any atom is 0.319 e. The Morgan fingerprint density at radius 1 is 1.28 bits per heavy atom. The Morgan fingerprint density at radius 2 is 1.72 bits per heavy atom. The lowest BCUT2D eigenvalue weighted by molar-refractivity contribution is -0.297. The summed E-state index contributed by atoms with van der Waals surface area (Å²) in [4.78, 5) is 12.2. The number of esters is 1. The molecule has 0 radical (unpaired) electrons. The Morgan fingerprint density at radius 3 is 2.06 bits per heavy atom. The van der Waals surface area contributed by atoms with Gasteiger partial charge in [-0.15, -0.1) is 0 Å². The largest absolute Gasteiger partial charge is 0.459 e. The fourth-order valence-electron chi connectivity index (χ4n) is 1.60. The summed E-state index contributed by atoms with van der Waals surface area (Å²) in [7, 11) is 0. The van der Waals surface area contributed by atoms with E-state index in [2.05, 4.69) is 0 Å². The number of hydrogen-bond donors (Lipinski definition) is 1. The van der Waals surface area contributed by atoms with E-state index in [1.807, 2.05) is 0 Å². The molecule has 1 atom stereocenters. The zero-order chi connectivity index (χ0) is 14.2. The first-order valence-electron chi connectivity index (χ1n) is 6.18. The van der Waals surface area contributed by atoms with Crippen molar-refractivity contribution < 1.29 is 24.1 Å². The van der Waals surface area contributed by atoms with Gasteiger partial charge in [0, 0.05) is 0 Å². The molecule has 0 spiro atoms. The molecule has 5 nitrogen and oxygen atoms in total. The van der Waals surface area contributed by atoms with Gasteiger partial charge in [-0.1, -0.05) is 0 Å². The molecular weight excluding hydrogens is 236 g/mol. The Bertz CT molecular complexity index is 304. The number of hydrogen-bond acceptors (Lipinski definition) is 5. The second-order valence-corrected chi connectivity index (χ2v) is 6.31. The molecule has 0 aromatic carbocycles. The van der Waals surface area contributed by atoms with Crippen LogP contribution >= 0.6 is 0 Å². The summed E-state index contributed by atoms with van der Waals surface area (Å²) in [5.41, 5.74) is -1.76. The molecule has 18 heavy (non-hydrogen) atoms. The van der Waals surface area contributed by atoms with Crippen molar-refractivity contribution in [3.8, 4) is 0 Å². The predicted octanol–water partition coefficient (Wildman–Crippen LogP) is 1.48. The van der Waals surface area contributed by atoms with E-state index in [4.69, 9.17) is 14.2 Å². The van der Waals surface area contributed by atoms with Crippen LogP contribution in [-0.2, 0) is 19.0 Å². The van der Waals surface area contributed by atoms with Crippen LogP contribution < -0.4 is 0 Å². The number of aliphatic hydroxyl groups excluding tert-OH is 1. The van der Waals surface area contributed by atoms with E-state index in [0.717, 1.165) is 0 Å². The van der Waals surface area contributed by atoms with Gasteiger partial charge in [0.1, 0.15) is 11.0 Å². The minimum Gasteiger partial charge on any atom is -0.459 e. The van der Waals surface area contributed by atoms with Crippen LogP contribution in [0.5, 0.6) is 0 Å². The van der Waals surface area contributed by atoms with Crippen molar-refractivity contribution in [2.24, 2.45) is 5.41 Å². The lowest BCUT2D eigenvalue weighted by atomic mass is 9.83. The SMILES string of the molecule is CC(O)C1(C(=O)OC(C)(C)C)COC(C)(C)OC1. The normalized spacial score (nSPS) is 24.4. The molecule has 1 aliphatic rings. The second kappa shape index (κ2) is 4.79. The van der Waals surface area contributed by atoms with Crippen LogP contribution in [-0.4, -0.2) is 41.8 Å². The zero-order valence-electron chi connectivity index (χ0n) is 12.1. The smallest absolute Gasteiger partial charge is 0.319 e. The van der Waals surface area contributed by atoms with Gasteiger partial charge < -0.3 is 19.3 Å². The molecule has 1 N–H and O–H groups in total. The molecule has 1 aliphatic heterocycles. The average Bonchev–Trinajstić information content (AvgIpc) is 2.14. The van der Waals surface area contributed by atoms with E-state index in [1.54, 1.807) is 41.5 Å². The molecule has 0 aromatic heterocycles. The maximum atomic E-state index is 12.2. The summed E-state index contributed by atoms with van der Waals surface area (Å²) in [6.45, 7) is 10.6. The van der Waals surface area contributed by atoms with E-state index < -0.39 is 28.9 Å². The van der Waals surface area contributed by atoms with Crippen LogP contribution in [0.1, 0.15) is 41.5 Å². The standard InChI is InChI=1S/C13H24O5/c1-9(14)13(10(15)18-11(2,3)4)7-16-12(5,6)17-8-13/h9,14H,7-8H2,1-6H3. The van der Waals surface area contributed by atoms with Crippen LogP contribution in [0.15, 0.2) is 0 Å². The van der Waals surface area contributed by atoms with Gasteiger partial charge in [-0.25, -0.2) is 0 Å². The topological polar surface area (TPSA) is 65.0 Å². The highest BCUT2D eigenvalue weighted by atomic mass is 16.7. The molecule has 106 valence electrons. The molecule has 0 aliphatic carbocycles. The van der Waals surface area contributed by atoms with Crippen molar-refractivity contribution in [3.05, 3.63) is 0 Å². The summed E-state index contributed by atoms with van der Waals surface area (Å²) in [5, 5.41) is 9.90. The highest BCUT2D eigenvalue weighted by Gasteiger charge is 2.51. The van der Waals surface area contributed by atoms with Gasteiger partial charge >= 0.3 is 5.97 Å². The number of aliphatic hydroxyl groups is 1. The van der Waals surface area contributed by atoms with Gasteiger partial charge in [0.05, 0.1) is 19.3 Å². The van der Waals surface area contributed by atoms with Gasteiger partial charge in [0.2, 0.25) is 0 Å². The number of carbonyl (C=O) groups is 1. The summed E-state index contributed by atoms with van der Waals surface area (Å²) in [6.07, 6.45) is -0.900. The van der Waals surface area contributed by atoms with E-state index in [0.29, 0.717) is 0 Å². The molecule has 0 saturated carbocycles. The maximum absolute atomic E-state index is 12.2. The van der Waals surface area contributed by atoms with Gasteiger partial charge in [-0.3, -0.25) is 4.79 Å². The number of carbonyl (C=O) groups excluding carboxylic acids is 1. The first-order chi connectivity index (χ1) is 7.99. The van der Waals surface area contributed by atoms with E-state index >= 15 is 0 Å². The van der Waals surface area contributed by atoms with Crippen molar-refractivity contribution in [2.75, 3.05) is 13.2 Å². The summed E-state index contributed by atoms with van der Waals surface area (Å²) < 4.78 is 16.3. The van der Waals surface area contributed by atoms with Gasteiger partial charge in [-0.05, 0) is 41.5 Å². The Hall–Kier alpha value is -0.650. The van der Waals surface area contributed by atoms with E-state index in [-0.39, 0.29) is 13.2 Å². The van der Waals surface area contributed by atoms with Crippen LogP contribution in [0, 0.1) is 5.41 Å². The Labute approximate surface area is 108 Å². The molecule has 1 fully saturated rings. The third-order valence-electron chi connectivity index (χ3n) is 2.96. The first kappa shape index (κ1) is 15.4. The van der Waals surface area contributed by atoms with Crippen molar-refractivity contribution in [2.45, 2.75) is 59.0 Å². The van der Waals surface area contributed by atoms with E-state index in [1.165, 1.54) is 0 Å². The van der Waals surface area contributed by atoms with Crippen LogP contribution in [0.2, 0.25) is 0 Å². The van der Waals surface area contributed by atoms with E-state index in [9.17, 15) is 9.90 Å². The van der Waals surface area contributed by atoms with Crippen LogP contribution in [0.3, 0.4) is 0 Å². The van der Waals surface area contributed by atoms with Gasteiger partial charge in [-0.2, -0.15) is 0 Å². The molecule has 1 heterocycles. The lowest BCUT2D eigenvalue weighted by Gasteiger charge is -2.44. The van der Waals surface area contributed by atoms with Crippen molar-refractivity contribution in [1.82, 2.24) is 0 Å². The third-order valence-corrected chi connectivity index (χ3v) is 2.96. The Kier molecular flexibility index (Phi) is 4.10. The summed E-state index contributed by atoms with van der Waals surface area (Å²) >= 11 is 0. The average molecular weight is 260 g/mol. The molecular formula is C13H24O5. The molecule has 1 saturated heterocycles. The molecule has 1 unspecified atom stereocenters. The molecule has 0 bridgehead atoms. The van der Waals surface area contributed by atoms with Crippen LogP contribution in [0.4, 0.5) is 0 Å². The fourth-order valence-corrected chi connectivity index (χ4v) is 1.60. The summed E-state index contributed by atoms with van der Waals surface area (Å²) in [6, 6.07) is 0. The zero-order valence-corrected chi connectivity index (χ0v) is 12.1. The highest BCUT2D eigenvalue weighted by Crippen LogP contribution is 2.35. The Balaban J connectivity index is 2.87. The predicted molar refractivity (Wildman–Crippen MR) is 65.9 cm³/mol. The van der Waals surface area contributed by atoms with Crippen LogP contribution in [0.25, 0.3) is 0 Å². The molecule has 0 amide bonds. The molecule has 0 aromatic rings. The minimum atomic E-state index is -1.15. The second-order valence-electron chi connectivity index (χ2n) is 6.31. The van der Waals surface area contributed by atoms with Crippen molar-refractivity contribution >= 4 is 5.97 Å². The minimum absolute atomic E-state index is 0.0899. The molecule has 1 rings (SSSR count). The quantitative estimate of drug-likeness (QED) is 0.762. The first-order valence-corrected chi connectivity index (χ1v) is 6.18. The van der Waals surface area contributed by atoms with Crippen molar-refractivity contribution in [1.29, 1.82) is 0 Å². The lowest BCUT2D eigenvalue weighted by Crippen LogP contribution is -2.57. The highest BCUT2D eigenvalue weighted by molar-refractivity contribution is 5.78. The fraction of sp³-hybridized carbons (Fsp3) is 0.923. The monoisotopic (exact) mass is 260 g/mol. The number of rotatable bonds is 2. The number of ether oxygens (including phenoxy) is 3. The summed E-state index contributed by atoms with van der Waals surface area (Å²) in [5.74, 6) is -1.22. The van der Waals surface area contributed by atoms with Crippen molar-refractivity contribution in [3.63, 3.8) is 0 Å². The van der Waals surface area contributed by atoms with Gasteiger partial charge in [0.25, 0.3) is 0 Å².